The van der Waals surface area contributed by atoms with E-state index in [4.69, 9.17) is 4.52 Å². The number of H-pyrrole nitrogens is 1. The normalized spacial score (nSPS) is 11.5. The van der Waals surface area contributed by atoms with Crippen molar-refractivity contribution in [2.75, 3.05) is 7.05 Å². The van der Waals surface area contributed by atoms with E-state index in [1.54, 1.807) is 11.7 Å². The number of aromatic amines is 1. The molecule has 0 aliphatic heterocycles. The summed E-state index contributed by atoms with van der Waals surface area (Å²) in [6, 6.07) is 11.8. The van der Waals surface area contributed by atoms with Crippen LogP contribution in [0.2, 0.25) is 0 Å². The summed E-state index contributed by atoms with van der Waals surface area (Å²) in [6.45, 7) is 1.05. The first-order chi connectivity index (χ1) is 12.6. The van der Waals surface area contributed by atoms with Crippen LogP contribution in [-0.2, 0) is 20.1 Å². The van der Waals surface area contributed by atoms with E-state index < -0.39 is 0 Å². The molecule has 0 aliphatic rings. The molecule has 1 N–H and O–H groups in total. The highest BCUT2D eigenvalue weighted by atomic mass is 16.5. The van der Waals surface area contributed by atoms with E-state index >= 15 is 0 Å². The number of aromatic nitrogens is 5. The van der Waals surface area contributed by atoms with Crippen molar-refractivity contribution in [1.82, 2.24) is 29.8 Å². The molecule has 3 heterocycles. The Morgan fingerprint density at radius 3 is 2.85 bits per heavy atom. The fraction of sp³-hybridized carbons (Fsp3) is 0.222. The topological polar surface area (TPSA) is 92.8 Å². The predicted octanol–water partition coefficient (Wildman–Crippen LogP) is 1.94. The van der Waals surface area contributed by atoms with Gasteiger partial charge in [-0.25, -0.2) is 4.98 Å². The molecule has 0 bridgehead atoms. The van der Waals surface area contributed by atoms with Gasteiger partial charge in [0.25, 0.3) is 5.56 Å². The van der Waals surface area contributed by atoms with Crippen LogP contribution in [0, 0.1) is 0 Å². The highest BCUT2D eigenvalue weighted by Crippen LogP contribution is 2.20. The first kappa shape index (κ1) is 16.2. The number of nitrogens with one attached hydrogen (secondary N) is 1. The van der Waals surface area contributed by atoms with Gasteiger partial charge in [0.1, 0.15) is 11.2 Å². The highest BCUT2D eigenvalue weighted by Gasteiger charge is 2.12. The molecular weight excluding hydrogens is 332 g/mol. The molecule has 0 radical (unpaired) electrons. The summed E-state index contributed by atoms with van der Waals surface area (Å²) in [5, 5.41) is 8.69. The second kappa shape index (κ2) is 6.57. The van der Waals surface area contributed by atoms with Crippen LogP contribution in [0.1, 0.15) is 11.5 Å². The monoisotopic (exact) mass is 350 g/mol. The van der Waals surface area contributed by atoms with Crippen LogP contribution in [0.5, 0.6) is 0 Å². The fourth-order valence-electron chi connectivity index (χ4n) is 2.87. The van der Waals surface area contributed by atoms with Gasteiger partial charge >= 0.3 is 0 Å². The molecule has 0 fully saturated rings. The average molecular weight is 350 g/mol. The molecule has 8 heteroatoms. The zero-order chi connectivity index (χ0) is 18.1. The lowest BCUT2D eigenvalue weighted by atomic mass is 10.1. The minimum atomic E-state index is -0.181. The summed E-state index contributed by atoms with van der Waals surface area (Å²) in [5.74, 6) is 1.32. The van der Waals surface area contributed by atoms with E-state index in [2.05, 4.69) is 20.2 Å². The van der Waals surface area contributed by atoms with E-state index in [9.17, 15) is 4.79 Å². The Hall–Kier alpha value is -3.26. The van der Waals surface area contributed by atoms with Crippen molar-refractivity contribution in [3.05, 3.63) is 64.5 Å². The lowest BCUT2D eigenvalue weighted by Gasteiger charge is -2.13. The Morgan fingerprint density at radius 2 is 2.04 bits per heavy atom. The fourth-order valence-corrected chi connectivity index (χ4v) is 2.87. The standard InChI is InChI=1S/C18H18N6O2/c1-23(10-13-8-15(26-22-13)12-6-4-3-5-7-12)11-16-20-17-14(18(25)21-16)9-19-24(17)2/h3-9H,10-11H2,1-2H3,(H,20,21,25). The molecule has 3 aromatic heterocycles. The third-order valence-electron chi connectivity index (χ3n) is 4.12. The minimum absolute atomic E-state index is 0.181. The molecule has 4 rings (SSSR count). The van der Waals surface area contributed by atoms with E-state index in [1.807, 2.05) is 48.3 Å². The number of hydrogen-bond acceptors (Lipinski definition) is 6. The second-order valence-electron chi connectivity index (χ2n) is 6.24. The van der Waals surface area contributed by atoms with Crippen LogP contribution in [-0.4, -0.2) is 36.9 Å². The van der Waals surface area contributed by atoms with Crippen LogP contribution in [0.15, 0.2) is 51.9 Å². The minimum Gasteiger partial charge on any atom is -0.356 e. The number of hydrogen-bond donors (Lipinski definition) is 1. The van der Waals surface area contributed by atoms with Crippen LogP contribution in [0.4, 0.5) is 0 Å². The number of nitrogens with zero attached hydrogens (tertiary/aromatic N) is 5. The van der Waals surface area contributed by atoms with Gasteiger partial charge in [0, 0.05) is 25.2 Å². The summed E-state index contributed by atoms with van der Waals surface area (Å²) in [5.41, 5.74) is 2.20. The molecule has 8 nitrogen and oxygen atoms in total. The van der Waals surface area contributed by atoms with E-state index in [-0.39, 0.29) is 5.56 Å². The van der Waals surface area contributed by atoms with Gasteiger partial charge in [0.2, 0.25) is 0 Å². The smallest absolute Gasteiger partial charge is 0.262 e. The van der Waals surface area contributed by atoms with Crippen LogP contribution >= 0.6 is 0 Å². The van der Waals surface area contributed by atoms with Crippen molar-refractivity contribution in [3.63, 3.8) is 0 Å². The van der Waals surface area contributed by atoms with Gasteiger partial charge in [0.15, 0.2) is 11.4 Å². The molecule has 1 aromatic carbocycles. The van der Waals surface area contributed by atoms with Crippen molar-refractivity contribution in [1.29, 1.82) is 0 Å². The van der Waals surface area contributed by atoms with Crippen LogP contribution < -0.4 is 5.56 Å². The van der Waals surface area contributed by atoms with Crippen molar-refractivity contribution >= 4 is 11.0 Å². The number of aryl methyl sites for hydroxylation is 1. The summed E-state index contributed by atoms with van der Waals surface area (Å²) >= 11 is 0. The molecule has 26 heavy (non-hydrogen) atoms. The number of benzene rings is 1. The summed E-state index contributed by atoms with van der Waals surface area (Å²) < 4.78 is 7.02. The van der Waals surface area contributed by atoms with Crippen molar-refractivity contribution in [2.45, 2.75) is 13.1 Å². The van der Waals surface area contributed by atoms with E-state index in [0.29, 0.717) is 29.9 Å². The Labute approximate surface area is 149 Å². The van der Waals surface area contributed by atoms with Crippen LogP contribution in [0.25, 0.3) is 22.4 Å². The molecule has 0 saturated heterocycles. The van der Waals surface area contributed by atoms with E-state index in [0.717, 1.165) is 17.0 Å². The second-order valence-corrected chi connectivity index (χ2v) is 6.24. The van der Waals surface area contributed by atoms with Gasteiger partial charge in [-0.15, -0.1) is 0 Å². The molecule has 132 valence electrons. The van der Waals surface area contributed by atoms with Gasteiger partial charge < -0.3 is 9.51 Å². The maximum absolute atomic E-state index is 12.1. The molecule has 0 aliphatic carbocycles. The van der Waals surface area contributed by atoms with Gasteiger partial charge in [-0.05, 0) is 7.05 Å². The zero-order valence-electron chi connectivity index (χ0n) is 14.5. The zero-order valence-corrected chi connectivity index (χ0v) is 14.5. The predicted molar refractivity (Wildman–Crippen MR) is 96.2 cm³/mol. The average Bonchev–Trinajstić information content (AvgIpc) is 3.23. The molecule has 0 atom stereocenters. The lowest BCUT2D eigenvalue weighted by molar-refractivity contribution is 0.297. The van der Waals surface area contributed by atoms with Crippen molar-refractivity contribution < 1.29 is 4.52 Å². The van der Waals surface area contributed by atoms with Gasteiger partial charge in [0.05, 0.1) is 18.4 Å². The molecular formula is C18H18N6O2. The SMILES string of the molecule is CN(Cc1cc(-c2ccccc2)on1)Cc1nc2c(cnn2C)c(=O)[nH]1. The first-order valence-electron chi connectivity index (χ1n) is 8.20. The largest absolute Gasteiger partial charge is 0.356 e. The Balaban J connectivity index is 1.49. The molecule has 0 amide bonds. The molecule has 0 spiro atoms. The summed E-state index contributed by atoms with van der Waals surface area (Å²) in [4.78, 5) is 21.4. The van der Waals surface area contributed by atoms with Crippen molar-refractivity contribution in [3.8, 4) is 11.3 Å². The number of fused-ring (bicyclic) bond motifs is 1. The Morgan fingerprint density at radius 1 is 1.23 bits per heavy atom. The van der Waals surface area contributed by atoms with Gasteiger partial charge in [-0.1, -0.05) is 35.5 Å². The third kappa shape index (κ3) is 3.14. The highest BCUT2D eigenvalue weighted by molar-refractivity contribution is 5.72. The summed E-state index contributed by atoms with van der Waals surface area (Å²) in [7, 11) is 3.70. The molecule has 4 aromatic rings. The molecule has 0 saturated carbocycles. The maximum Gasteiger partial charge on any atom is 0.262 e. The summed E-state index contributed by atoms with van der Waals surface area (Å²) in [6.07, 6.45) is 1.52. The van der Waals surface area contributed by atoms with E-state index in [1.165, 1.54) is 6.20 Å². The first-order valence-corrected chi connectivity index (χ1v) is 8.20. The van der Waals surface area contributed by atoms with Gasteiger partial charge in [-0.3, -0.25) is 14.4 Å². The van der Waals surface area contributed by atoms with Crippen molar-refractivity contribution in [2.24, 2.45) is 7.05 Å². The maximum atomic E-state index is 12.1. The Bertz CT molecular complexity index is 1100. The Kier molecular flexibility index (Phi) is 4.10. The van der Waals surface area contributed by atoms with Gasteiger partial charge in [-0.2, -0.15) is 5.10 Å². The van der Waals surface area contributed by atoms with Crippen LogP contribution in [0.3, 0.4) is 0 Å². The quantitative estimate of drug-likeness (QED) is 0.591. The molecule has 0 unspecified atom stereocenters. The third-order valence-corrected chi connectivity index (χ3v) is 4.12. The lowest BCUT2D eigenvalue weighted by Crippen LogP contribution is -2.22. The number of rotatable bonds is 5.